The van der Waals surface area contributed by atoms with E-state index in [2.05, 4.69) is 16.0 Å². The molecule has 0 radical (unpaired) electrons. The third-order valence-corrected chi connectivity index (χ3v) is 5.48. The first-order chi connectivity index (χ1) is 15.0. The zero-order valence-corrected chi connectivity index (χ0v) is 19.3. The third-order valence-electron chi connectivity index (χ3n) is 4.84. The Hall–Kier alpha value is -2.38. The Kier molecular flexibility index (Phi) is 14.3. The third kappa shape index (κ3) is 10.8. The molecule has 0 aliphatic carbocycles. The number of thioether (sulfide) groups is 1. The lowest BCUT2D eigenvalue weighted by molar-refractivity contribution is -0.143. The number of carboxylic acid groups (broad SMARTS) is 2. The zero-order valence-electron chi connectivity index (χ0n) is 18.5. The molecule has 0 aromatic heterocycles. The molecule has 32 heavy (non-hydrogen) atoms. The number of nitrogens with two attached hydrogens (primary N) is 1. The van der Waals surface area contributed by atoms with Gasteiger partial charge in [-0.05, 0) is 30.8 Å². The first-order valence-corrected chi connectivity index (χ1v) is 11.6. The maximum Gasteiger partial charge on any atom is 0.328 e. The summed E-state index contributed by atoms with van der Waals surface area (Å²) >= 11 is 1.42. The highest BCUT2D eigenvalue weighted by Crippen LogP contribution is 2.11. The van der Waals surface area contributed by atoms with Crippen molar-refractivity contribution < 1.29 is 39.3 Å². The van der Waals surface area contributed by atoms with E-state index in [9.17, 15) is 24.0 Å². The van der Waals surface area contributed by atoms with Crippen LogP contribution in [-0.4, -0.2) is 87.8 Å². The SMILES string of the molecule is CCC(C)C(NC(=O)C(N)CCC(=O)O)C(=O)NC(CCSC)C(=O)NC(CO)C(=O)O. The fourth-order valence-corrected chi connectivity index (χ4v) is 3.07. The van der Waals surface area contributed by atoms with Crippen LogP contribution in [0.1, 0.15) is 39.5 Å². The summed E-state index contributed by atoms with van der Waals surface area (Å²) in [6.07, 6.45) is 2.09. The van der Waals surface area contributed by atoms with Crippen LogP contribution in [0.5, 0.6) is 0 Å². The monoisotopic (exact) mass is 478 g/mol. The van der Waals surface area contributed by atoms with E-state index in [0.29, 0.717) is 12.2 Å². The molecule has 5 atom stereocenters. The van der Waals surface area contributed by atoms with E-state index in [0.717, 1.165) is 0 Å². The van der Waals surface area contributed by atoms with E-state index in [4.69, 9.17) is 21.1 Å². The van der Waals surface area contributed by atoms with Gasteiger partial charge in [0, 0.05) is 6.42 Å². The summed E-state index contributed by atoms with van der Waals surface area (Å²) in [5.74, 6) is -4.50. The van der Waals surface area contributed by atoms with Crippen LogP contribution < -0.4 is 21.7 Å². The molecule has 0 aromatic rings. The van der Waals surface area contributed by atoms with Crippen LogP contribution in [0.3, 0.4) is 0 Å². The minimum atomic E-state index is -1.52. The molecule has 5 unspecified atom stereocenters. The van der Waals surface area contributed by atoms with Crippen molar-refractivity contribution in [3.63, 3.8) is 0 Å². The van der Waals surface area contributed by atoms with Crippen molar-refractivity contribution in [1.29, 1.82) is 0 Å². The van der Waals surface area contributed by atoms with Crippen molar-refractivity contribution in [3.05, 3.63) is 0 Å². The van der Waals surface area contributed by atoms with E-state index in [-0.39, 0.29) is 25.2 Å². The summed E-state index contributed by atoms with van der Waals surface area (Å²) in [6.45, 7) is 2.71. The van der Waals surface area contributed by atoms with Crippen molar-refractivity contribution in [1.82, 2.24) is 16.0 Å². The summed E-state index contributed by atoms with van der Waals surface area (Å²) in [6, 6.07) is -4.77. The van der Waals surface area contributed by atoms with E-state index in [1.807, 2.05) is 0 Å². The normalized spacial score (nSPS) is 15.5. The number of carbonyl (C=O) groups is 5. The van der Waals surface area contributed by atoms with Crippen LogP contribution in [0.2, 0.25) is 0 Å². The molecule has 3 amide bonds. The highest BCUT2D eigenvalue weighted by molar-refractivity contribution is 7.98. The second-order valence-electron chi connectivity index (χ2n) is 7.34. The lowest BCUT2D eigenvalue weighted by Gasteiger charge is -2.27. The number of hydrogen-bond donors (Lipinski definition) is 7. The number of aliphatic carboxylic acids is 2. The van der Waals surface area contributed by atoms with Gasteiger partial charge in [0.25, 0.3) is 0 Å². The van der Waals surface area contributed by atoms with Crippen LogP contribution in [0.25, 0.3) is 0 Å². The molecule has 0 rings (SSSR count). The van der Waals surface area contributed by atoms with Crippen molar-refractivity contribution in [2.75, 3.05) is 18.6 Å². The average Bonchev–Trinajstić information content (AvgIpc) is 2.75. The molecule has 0 aliphatic rings. The van der Waals surface area contributed by atoms with Crippen molar-refractivity contribution in [2.24, 2.45) is 11.7 Å². The lowest BCUT2D eigenvalue weighted by atomic mass is 9.97. The van der Waals surface area contributed by atoms with E-state index >= 15 is 0 Å². The molecule has 0 spiro atoms. The Morgan fingerprint density at radius 1 is 0.938 bits per heavy atom. The predicted octanol–water partition coefficient (Wildman–Crippen LogP) is -1.49. The first-order valence-electron chi connectivity index (χ1n) is 10.2. The van der Waals surface area contributed by atoms with Crippen LogP contribution in [0, 0.1) is 5.92 Å². The van der Waals surface area contributed by atoms with E-state index < -0.39 is 60.4 Å². The molecule has 0 saturated heterocycles. The van der Waals surface area contributed by atoms with Gasteiger partial charge in [-0.1, -0.05) is 20.3 Å². The summed E-state index contributed by atoms with van der Waals surface area (Å²) in [4.78, 5) is 59.6. The van der Waals surface area contributed by atoms with Gasteiger partial charge in [-0.2, -0.15) is 11.8 Å². The van der Waals surface area contributed by atoms with Crippen molar-refractivity contribution >= 4 is 41.4 Å². The van der Waals surface area contributed by atoms with E-state index in [1.165, 1.54) is 11.8 Å². The van der Waals surface area contributed by atoms with Gasteiger partial charge in [0.05, 0.1) is 12.6 Å². The standard InChI is InChI=1S/C19H34N4O8S/c1-4-10(2)15(23-16(27)11(20)5-6-14(25)26)18(29)21-12(7-8-32-3)17(28)22-13(9-24)19(30)31/h10-13,15,24H,4-9,20H2,1-3H3,(H,21,29)(H,22,28)(H,23,27)(H,25,26)(H,30,31). The van der Waals surface area contributed by atoms with E-state index in [1.54, 1.807) is 20.1 Å². The number of amides is 3. The second-order valence-corrected chi connectivity index (χ2v) is 8.32. The number of carboxylic acids is 2. The number of carbonyl (C=O) groups excluding carboxylic acids is 3. The average molecular weight is 479 g/mol. The summed E-state index contributed by atoms with van der Waals surface area (Å²) < 4.78 is 0. The van der Waals surface area contributed by atoms with Crippen molar-refractivity contribution in [3.8, 4) is 0 Å². The quantitative estimate of drug-likeness (QED) is 0.137. The number of aliphatic hydroxyl groups is 1. The molecule has 0 fully saturated rings. The Morgan fingerprint density at radius 2 is 1.53 bits per heavy atom. The Morgan fingerprint density at radius 3 is 2.00 bits per heavy atom. The number of rotatable bonds is 16. The van der Waals surface area contributed by atoms with Crippen LogP contribution in [-0.2, 0) is 24.0 Å². The topological polar surface area (TPSA) is 208 Å². The molecule has 0 aliphatic heterocycles. The molecule has 13 heteroatoms. The van der Waals surface area contributed by atoms with Gasteiger partial charge < -0.3 is 37.0 Å². The van der Waals surface area contributed by atoms with Crippen LogP contribution in [0.4, 0.5) is 0 Å². The summed E-state index contributed by atoms with van der Waals surface area (Å²) in [5, 5.41) is 34.1. The Balaban J connectivity index is 5.39. The van der Waals surface area contributed by atoms with Crippen LogP contribution >= 0.6 is 11.8 Å². The molecule has 8 N–H and O–H groups in total. The van der Waals surface area contributed by atoms with Crippen LogP contribution in [0.15, 0.2) is 0 Å². The molecule has 0 aromatic carbocycles. The first kappa shape index (κ1) is 29.6. The largest absolute Gasteiger partial charge is 0.481 e. The number of nitrogens with one attached hydrogen (secondary N) is 3. The van der Waals surface area contributed by atoms with Gasteiger partial charge >= 0.3 is 11.9 Å². The highest BCUT2D eigenvalue weighted by Gasteiger charge is 2.32. The summed E-state index contributed by atoms with van der Waals surface area (Å²) in [5.41, 5.74) is 5.72. The fourth-order valence-electron chi connectivity index (χ4n) is 2.60. The zero-order chi connectivity index (χ0) is 24.8. The second kappa shape index (κ2) is 15.4. The highest BCUT2D eigenvalue weighted by atomic mass is 32.2. The molecule has 184 valence electrons. The van der Waals surface area contributed by atoms with Gasteiger partial charge in [-0.15, -0.1) is 0 Å². The smallest absolute Gasteiger partial charge is 0.328 e. The lowest BCUT2D eigenvalue weighted by Crippen LogP contribution is -2.59. The minimum Gasteiger partial charge on any atom is -0.481 e. The summed E-state index contributed by atoms with van der Waals surface area (Å²) in [7, 11) is 0. The molecular weight excluding hydrogens is 444 g/mol. The molecule has 0 bridgehead atoms. The predicted molar refractivity (Wildman–Crippen MR) is 118 cm³/mol. The number of aliphatic hydroxyl groups excluding tert-OH is 1. The molecule has 0 heterocycles. The minimum absolute atomic E-state index is 0.105. The van der Waals surface area contributed by atoms with Gasteiger partial charge in [0.1, 0.15) is 18.1 Å². The molecular formula is C19H34N4O8S. The maximum atomic E-state index is 12.9. The van der Waals surface area contributed by atoms with Gasteiger partial charge in [0.2, 0.25) is 17.7 Å². The Bertz CT molecular complexity index is 663. The van der Waals surface area contributed by atoms with Crippen molar-refractivity contribution in [2.45, 2.75) is 63.7 Å². The maximum absolute atomic E-state index is 12.9. The van der Waals surface area contributed by atoms with Gasteiger partial charge in [-0.25, -0.2) is 4.79 Å². The molecule has 0 saturated carbocycles. The van der Waals surface area contributed by atoms with Gasteiger partial charge in [-0.3, -0.25) is 19.2 Å². The number of hydrogen-bond acceptors (Lipinski definition) is 8. The molecule has 12 nitrogen and oxygen atoms in total. The van der Waals surface area contributed by atoms with Gasteiger partial charge in [0.15, 0.2) is 0 Å². The fraction of sp³-hybridized carbons (Fsp3) is 0.737. The Labute approximate surface area is 191 Å².